The molecule has 3 aromatic rings. The summed E-state index contributed by atoms with van der Waals surface area (Å²) in [5.41, 5.74) is 2.12. The number of aromatic amines is 1. The monoisotopic (exact) mass is 312 g/mol. The van der Waals surface area contributed by atoms with Crippen LogP contribution in [-0.2, 0) is 0 Å². The lowest BCUT2D eigenvalue weighted by Gasteiger charge is -2.23. The Balaban J connectivity index is 1.78. The van der Waals surface area contributed by atoms with E-state index in [1.807, 2.05) is 30.3 Å². The van der Waals surface area contributed by atoms with Gasteiger partial charge in [-0.3, -0.25) is 0 Å². The number of benzene rings is 2. The molecule has 0 fully saturated rings. The molecule has 0 saturated carbocycles. The van der Waals surface area contributed by atoms with Crippen molar-refractivity contribution in [2.75, 3.05) is 13.2 Å². The highest BCUT2D eigenvalue weighted by Gasteiger charge is 2.14. The van der Waals surface area contributed by atoms with Crippen LogP contribution in [0, 0.1) is 0 Å². The lowest BCUT2D eigenvalue weighted by molar-refractivity contribution is 0.101. The summed E-state index contributed by atoms with van der Waals surface area (Å²) in [5, 5.41) is 15.6. The van der Waals surface area contributed by atoms with Crippen molar-refractivity contribution >= 4 is 21.8 Å². The quantitative estimate of drug-likeness (QED) is 0.676. The molecule has 0 radical (unpaired) electrons. The number of aromatic nitrogens is 1. The van der Waals surface area contributed by atoms with Crippen LogP contribution in [0.15, 0.2) is 42.5 Å². The van der Waals surface area contributed by atoms with Gasteiger partial charge in [-0.2, -0.15) is 0 Å². The van der Waals surface area contributed by atoms with Crippen LogP contribution in [0.4, 0.5) is 0 Å². The number of fused-ring (bicyclic) bond motifs is 3. The molecule has 0 spiro atoms. The molecule has 122 valence electrons. The predicted molar refractivity (Wildman–Crippen MR) is 95.1 cm³/mol. The van der Waals surface area contributed by atoms with E-state index in [-0.39, 0.29) is 12.1 Å². The maximum absolute atomic E-state index is 10.1. The molecule has 4 nitrogen and oxygen atoms in total. The number of aliphatic hydroxyl groups excluding tert-OH is 1. The summed E-state index contributed by atoms with van der Waals surface area (Å²) in [7, 11) is 0. The summed E-state index contributed by atoms with van der Waals surface area (Å²) in [6.45, 7) is 7.00. The van der Waals surface area contributed by atoms with E-state index >= 15 is 0 Å². The van der Waals surface area contributed by atoms with Gasteiger partial charge in [0.15, 0.2) is 0 Å². The van der Waals surface area contributed by atoms with E-state index < -0.39 is 6.10 Å². The van der Waals surface area contributed by atoms with Gasteiger partial charge in [-0.05, 0) is 39.0 Å². The molecule has 1 unspecified atom stereocenters. The molecule has 0 amide bonds. The average molecular weight is 312 g/mol. The Kier molecular flexibility index (Phi) is 4.28. The molecule has 1 heterocycles. The molecule has 0 aliphatic rings. The first kappa shape index (κ1) is 15.8. The van der Waals surface area contributed by atoms with Crippen molar-refractivity contribution in [3.05, 3.63) is 42.5 Å². The molecular weight excluding hydrogens is 288 g/mol. The first-order valence-corrected chi connectivity index (χ1v) is 7.99. The maximum Gasteiger partial charge on any atom is 0.129 e. The Bertz CT molecular complexity index is 802. The van der Waals surface area contributed by atoms with Gasteiger partial charge in [0.05, 0.1) is 5.52 Å². The van der Waals surface area contributed by atoms with Crippen LogP contribution in [0.2, 0.25) is 0 Å². The number of aliphatic hydroxyl groups is 1. The Morgan fingerprint density at radius 1 is 1.09 bits per heavy atom. The van der Waals surface area contributed by atoms with Crippen molar-refractivity contribution in [3.63, 3.8) is 0 Å². The lowest BCUT2D eigenvalue weighted by Crippen LogP contribution is -2.42. The van der Waals surface area contributed by atoms with E-state index in [2.05, 4.69) is 43.2 Å². The maximum atomic E-state index is 10.1. The van der Waals surface area contributed by atoms with Crippen molar-refractivity contribution in [2.24, 2.45) is 0 Å². The molecular formula is C19H24N2O2. The minimum atomic E-state index is -0.547. The molecule has 4 heteroatoms. The fourth-order valence-corrected chi connectivity index (χ4v) is 2.66. The number of β-amino-alcohol motifs (C(OH)–C–C–N with tert-alkyl or cyclic N) is 1. The minimum absolute atomic E-state index is 0.0160. The summed E-state index contributed by atoms with van der Waals surface area (Å²) in [5.74, 6) is 0.801. The topological polar surface area (TPSA) is 57.3 Å². The zero-order chi connectivity index (χ0) is 16.4. The van der Waals surface area contributed by atoms with Gasteiger partial charge in [0, 0.05) is 28.4 Å². The first-order valence-electron chi connectivity index (χ1n) is 7.99. The number of hydrogen-bond donors (Lipinski definition) is 3. The predicted octanol–water partition coefficient (Wildman–Crippen LogP) is 3.45. The van der Waals surface area contributed by atoms with Crippen molar-refractivity contribution in [1.29, 1.82) is 0 Å². The first-order chi connectivity index (χ1) is 10.9. The SMILES string of the molecule is CC(C)(C)NCC(O)COc1cccc2[nH]c3ccccc3c12. The van der Waals surface area contributed by atoms with Gasteiger partial charge < -0.3 is 20.1 Å². The summed E-state index contributed by atoms with van der Waals surface area (Å²) < 4.78 is 5.90. The highest BCUT2D eigenvalue weighted by atomic mass is 16.5. The molecule has 0 bridgehead atoms. The summed E-state index contributed by atoms with van der Waals surface area (Å²) in [6.07, 6.45) is -0.547. The second-order valence-electron chi connectivity index (χ2n) is 6.95. The molecule has 23 heavy (non-hydrogen) atoms. The van der Waals surface area contributed by atoms with Crippen LogP contribution in [0.3, 0.4) is 0 Å². The molecule has 1 atom stereocenters. The Hall–Kier alpha value is -2.04. The number of ether oxygens (including phenoxy) is 1. The third-order valence-corrected chi connectivity index (χ3v) is 3.79. The molecule has 3 N–H and O–H groups in total. The van der Waals surface area contributed by atoms with E-state index in [0.717, 1.165) is 27.6 Å². The van der Waals surface area contributed by atoms with Gasteiger partial charge in [0.1, 0.15) is 18.5 Å². The molecule has 0 saturated heterocycles. The van der Waals surface area contributed by atoms with E-state index in [0.29, 0.717) is 6.54 Å². The van der Waals surface area contributed by atoms with Gasteiger partial charge in [-0.25, -0.2) is 0 Å². The van der Waals surface area contributed by atoms with Crippen LogP contribution in [-0.4, -0.2) is 34.9 Å². The van der Waals surface area contributed by atoms with Crippen molar-refractivity contribution < 1.29 is 9.84 Å². The largest absolute Gasteiger partial charge is 0.490 e. The van der Waals surface area contributed by atoms with E-state index in [9.17, 15) is 5.11 Å². The van der Waals surface area contributed by atoms with E-state index in [1.54, 1.807) is 0 Å². The number of para-hydroxylation sites is 1. The van der Waals surface area contributed by atoms with Crippen LogP contribution in [0.5, 0.6) is 5.75 Å². The van der Waals surface area contributed by atoms with Gasteiger partial charge in [-0.1, -0.05) is 24.3 Å². The average Bonchev–Trinajstić information content (AvgIpc) is 2.89. The molecule has 2 aromatic carbocycles. The second-order valence-corrected chi connectivity index (χ2v) is 6.95. The normalized spacial score (nSPS) is 13.6. The Morgan fingerprint density at radius 3 is 2.61 bits per heavy atom. The molecule has 0 aliphatic heterocycles. The van der Waals surface area contributed by atoms with Gasteiger partial charge in [0.2, 0.25) is 0 Å². The van der Waals surface area contributed by atoms with Gasteiger partial charge in [0.25, 0.3) is 0 Å². The number of rotatable bonds is 5. The Morgan fingerprint density at radius 2 is 1.83 bits per heavy atom. The zero-order valence-corrected chi connectivity index (χ0v) is 13.9. The van der Waals surface area contributed by atoms with Crippen molar-refractivity contribution in [3.8, 4) is 5.75 Å². The molecule has 3 rings (SSSR count). The number of nitrogens with one attached hydrogen (secondary N) is 2. The Labute approximate surface area is 136 Å². The lowest BCUT2D eigenvalue weighted by atomic mass is 10.1. The van der Waals surface area contributed by atoms with Crippen molar-refractivity contribution in [1.82, 2.24) is 10.3 Å². The van der Waals surface area contributed by atoms with Crippen LogP contribution in [0.1, 0.15) is 20.8 Å². The molecule has 1 aromatic heterocycles. The van der Waals surface area contributed by atoms with E-state index in [1.165, 1.54) is 0 Å². The smallest absolute Gasteiger partial charge is 0.129 e. The fraction of sp³-hybridized carbons (Fsp3) is 0.368. The van der Waals surface area contributed by atoms with Crippen LogP contribution < -0.4 is 10.1 Å². The number of hydrogen-bond acceptors (Lipinski definition) is 3. The molecule has 0 aliphatic carbocycles. The van der Waals surface area contributed by atoms with E-state index in [4.69, 9.17) is 4.74 Å². The summed E-state index contributed by atoms with van der Waals surface area (Å²) >= 11 is 0. The standard InChI is InChI=1S/C19H24N2O2/c1-19(2,3)20-11-13(22)12-23-17-10-6-9-16-18(17)14-7-4-5-8-15(14)21-16/h4-10,13,20-22H,11-12H2,1-3H3. The van der Waals surface area contributed by atoms with Gasteiger partial charge in [-0.15, -0.1) is 0 Å². The zero-order valence-electron chi connectivity index (χ0n) is 13.9. The minimum Gasteiger partial charge on any atom is -0.490 e. The van der Waals surface area contributed by atoms with Gasteiger partial charge >= 0.3 is 0 Å². The van der Waals surface area contributed by atoms with Crippen molar-refractivity contribution in [2.45, 2.75) is 32.4 Å². The summed E-state index contributed by atoms with van der Waals surface area (Å²) in [4.78, 5) is 3.40. The van der Waals surface area contributed by atoms with Crippen LogP contribution >= 0.6 is 0 Å². The third-order valence-electron chi connectivity index (χ3n) is 3.79. The highest BCUT2D eigenvalue weighted by molar-refractivity contribution is 6.10. The fourth-order valence-electron chi connectivity index (χ4n) is 2.66. The third kappa shape index (κ3) is 3.66. The highest BCUT2D eigenvalue weighted by Crippen LogP contribution is 2.32. The second kappa shape index (κ2) is 6.22. The number of H-pyrrole nitrogens is 1. The van der Waals surface area contributed by atoms with Crippen LogP contribution in [0.25, 0.3) is 21.8 Å². The summed E-state index contributed by atoms with van der Waals surface area (Å²) in [6, 6.07) is 14.1.